The third-order valence-electron chi connectivity index (χ3n) is 0.701. The van der Waals surface area contributed by atoms with Gasteiger partial charge in [0.05, 0.1) is 18.9 Å². The minimum Gasteiger partial charge on any atom is -0.691 e. The van der Waals surface area contributed by atoms with Crippen molar-refractivity contribution in [1.29, 1.82) is 0 Å². The molecule has 0 unspecified atom stereocenters. The Morgan fingerprint density at radius 3 is 1.91 bits per heavy atom. The van der Waals surface area contributed by atoms with E-state index >= 15 is 0 Å². The minimum absolute atomic E-state index is 0.345. The van der Waals surface area contributed by atoms with Crippen molar-refractivity contribution in [2.75, 3.05) is 13.2 Å². The van der Waals surface area contributed by atoms with Crippen LogP contribution in [0.4, 0.5) is 0 Å². The molecule has 0 amide bonds. The molecule has 2 nitrogen and oxygen atoms in total. The molecular weight excluding hydrogens is 199 g/mol. The molecule has 0 spiro atoms. The summed E-state index contributed by atoms with van der Waals surface area (Å²) in [4.78, 5) is 0. The fraction of sp³-hybridized carbons (Fsp3) is 0.333. The Morgan fingerprint density at radius 2 is 1.64 bits per heavy atom. The van der Waals surface area contributed by atoms with Gasteiger partial charge in [0.1, 0.15) is 0 Å². The Hall–Kier alpha value is 0.400. The number of hydrogen-bond acceptors (Lipinski definition) is 4. The van der Waals surface area contributed by atoms with E-state index in [1.54, 1.807) is 12.2 Å². The molecule has 0 aliphatic rings. The Labute approximate surface area is 77.6 Å². The highest BCUT2D eigenvalue weighted by Crippen LogP contribution is 2.45. The zero-order valence-corrected chi connectivity index (χ0v) is 8.59. The minimum atomic E-state index is -2.45. The predicted octanol–water partition coefficient (Wildman–Crippen LogP) is 2.16. The third-order valence-corrected chi connectivity index (χ3v) is 2.90. The summed E-state index contributed by atoms with van der Waals surface area (Å²) >= 11 is 9.72. The number of hydrogen-bond donors (Lipinski definition) is 0. The zero-order valence-electron chi connectivity index (χ0n) is 6.06. The van der Waals surface area contributed by atoms with Crippen molar-refractivity contribution in [1.82, 2.24) is 0 Å². The number of rotatable bonds is 6. The van der Waals surface area contributed by atoms with Gasteiger partial charge in [-0.1, -0.05) is 24.0 Å². The van der Waals surface area contributed by atoms with Crippen LogP contribution in [0.1, 0.15) is 0 Å². The molecule has 0 saturated carbocycles. The van der Waals surface area contributed by atoms with Crippen molar-refractivity contribution in [3.05, 3.63) is 25.3 Å². The smallest absolute Gasteiger partial charge is 0.0701 e. The monoisotopic (exact) mass is 209 g/mol. The molecule has 5 heteroatoms. The maximum atomic E-state index is 5.03. The van der Waals surface area contributed by atoms with Crippen molar-refractivity contribution < 1.29 is 9.05 Å². The van der Waals surface area contributed by atoms with Crippen LogP contribution in [0, 0.1) is 0 Å². The van der Waals surface area contributed by atoms with Crippen LogP contribution in [-0.4, -0.2) is 13.2 Å². The van der Waals surface area contributed by atoms with E-state index in [0.717, 1.165) is 0 Å². The second kappa shape index (κ2) is 5.98. The van der Waals surface area contributed by atoms with Gasteiger partial charge in [-0.15, -0.1) is 13.2 Å². The summed E-state index contributed by atoms with van der Waals surface area (Å²) < 4.78 is 10.1. The van der Waals surface area contributed by atoms with Gasteiger partial charge in [-0.25, -0.2) is 0 Å². The van der Waals surface area contributed by atoms with E-state index in [1.165, 1.54) is 0 Å². The predicted molar refractivity (Wildman–Crippen MR) is 53.9 cm³/mol. The van der Waals surface area contributed by atoms with Crippen molar-refractivity contribution in [3.63, 3.8) is 0 Å². The van der Waals surface area contributed by atoms with E-state index < -0.39 is 5.69 Å². The molecule has 0 bridgehead atoms. The molecule has 0 saturated heterocycles. The maximum Gasteiger partial charge on any atom is 0.0701 e. The molecule has 0 aromatic carbocycles. The highest BCUT2D eigenvalue weighted by atomic mass is 32.9. The Kier molecular flexibility index (Phi) is 6.19. The van der Waals surface area contributed by atoms with Gasteiger partial charge >= 0.3 is 0 Å². The second-order valence-corrected chi connectivity index (χ2v) is 6.60. The van der Waals surface area contributed by atoms with E-state index in [9.17, 15) is 0 Å². The van der Waals surface area contributed by atoms with E-state index in [2.05, 4.69) is 13.2 Å². The average Bonchev–Trinajstić information content (AvgIpc) is 1.97. The first-order valence-electron chi connectivity index (χ1n) is 2.94. The zero-order chi connectivity index (χ0) is 8.74. The van der Waals surface area contributed by atoms with E-state index in [0.29, 0.717) is 13.2 Å². The SMILES string of the molecule is C=CCOP(=S)([S-])OCC=C. The first-order chi connectivity index (χ1) is 5.12. The largest absolute Gasteiger partial charge is 0.691 e. The summed E-state index contributed by atoms with van der Waals surface area (Å²) in [6, 6.07) is 0. The molecule has 0 aromatic rings. The molecule has 0 radical (unpaired) electrons. The van der Waals surface area contributed by atoms with E-state index in [-0.39, 0.29) is 0 Å². The summed E-state index contributed by atoms with van der Waals surface area (Å²) in [5.41, 5.74) is -2.45. The van der Waals surface area contributed by atoms with Gasteiger partial charge in [0.15, 0.2) is 0 Å². The molecule has 0 aliphatic carbocycles. The normalized spacial score (nSPS) is 11.0. The van der Waals surface area contributed by atoms with Crippen LogP contribution in [0.25, 0.3) is 0 Å². The van der Waals surface area contributed by atoms with Gasteiger partial charge in [0, 0.05) is 0 Å². The molecule has 0 aliphatic heterocycles. The van der Waals surface area contributed by atoms with Crippen LogP contribution in [0.3, 0.4) is 0 Å². The van der Waals surface area contributed by atoms with Gasteiger partial charge in [-0.3, -0.25) is 0 Å². The lowest BCUT2D eigenvalue weighted by molar-refractivity contribution is 0.303. The van der Waals surface area contributed by atoms with Crippen molar-refractivity contribution >= 4 is 29.7 Å². The summed E-state index contributed by atoms with van der Waals surface area (Å²) in [7, 11) is 0. The first kappa shape index (κ1) is 11.4. The standard InChI is InChI=1S/C6H11O2PS2/c1-3-5-7-9(10,11)8-6-4-2/h3-4H,1-2,5-6H2,(H,10,11)/p-1. The topological polar surface area (TPSA) is 18.5 Å². The molecule has 0 heterocycles. The van der Waals surface area contributed by atoms with E-state index in [4.69, 9.17) is 33.1 Å². The molecule has 0 fully saturated rings. The Morgan fingerprint density at radius 1 is 1.27 bits per heavy atom. The van der Waals surface area contributed by atoms with Crippen LogP contribution in [0.2, 0.25) is 0 Å². The summed E-state index contributed by atoms with van der Waals surface area (Å²) in [5, 5.41) is 0. The second-order valence-electron chi connectivity index (χ2n) is 1.62. The van der Waals surface area contributed by atoms with Crippen LogP contribution in [0.15, 0.2) is 25.3 Å². The van der Waals surface area contributed by atoms with Crippen molar-refractivity contribution in [2.24, 2.45) is 0 Å². The summed E-state index contributed by atoms with van der Waals surface area (Å²) in [6.07, 6.45) is 3.18. The molecule has 11 heavy (non-hydrogen) atoms. The van der Waals surface area contributed by atoms with Gasteiger partial charge in [0.25, 0.3) is 0 Å². The van der Waals surface area contributed by atoms with Gasteiger partial charge in [-0.2, -0.15) is 0 Å². The Balaban J connectivity index is 3.69. The molecule has 64 valence electrons. The van der Waals surface area contributed by atoms with Crippen LogP contribution >= 0.6 is 5.69 Å². The van der Waals surface area contributed by atoms with Gasteiger partial charge in [0.2, 0.25) is 0 Å². The van der Waals surface area contributed by atoms with Crippen molar-refractivity contribution in [3.8, 4) is 0 Å². The quantitative estimate of drug-likeness (QED) is 0.379. The van der Waals surface area contributed by atoms with Crippen LogP contribution < -0.4 is 0 Å². The molecule has 0 atom stereocenters. The molecule has 0 N–H and O–H groups in total. The highest BCUT2D eigenvalue weighted by molar-refractivity contribution is 8.51. The molecule has 0 aromatic heterocycles. The highest BCUT2D eigenvalue weighted by Gasteiger charge is 1.97. The maximum absolute atomic E-state index is 5.03. The lowest BCUT2D eigenvalue weighted by Gasteiger charge is -2.26. The third kappa shape index (κ3) is 6.78. The van der Waals surface area contributed by atoms with Crippen molar-refractivity contribution in [2.45, 2.75) is 0 Å². The summed E-state index contributed by atoms with van der Waals surface area (Å²) in [6.45, 7) is 7.63. The summed E-state index contributed by atoms with van der Waals surface area (Å²) in [5.74, 6) is 0. The van der Waals surface area contributed by atoms with E-state index in [1.807, 2.05) is 0 Å². The average molecular weight is 209 g/mol. The first-order valence-corrected chi connectivity index (χ1v) is 6.59. The van der Waals surface area contributed by atoms with Crippen LogP contribution in [0.5, 0.6) is 0 Å². The lowest BCUT2D eigenvalue weighted by Crippen LogP contribution is -1.92. The Bertz CT molecular complexity index is 165. The fourth-order valence-electron chi connectivity index (χ4n) is 0.325. The van der Waals surface area contributed by atoms with Crippen LogP contribution in [-0.2, 0) is 33.1 Å². The lowest BCUT2D eigenvalue weighted by atomic mass is 10.7. The fourth-order valence-corrected chi connectivity index (χ4v) is 1.71. The van der Waals surface area contributed by atoms with Gasteiger partial charge < -0.3 is 21.3 Å². The molecular formula is C6H10O2PS2-. The van der Waals surface area contributed by atoms with Gasteiger partial charge in [-0.05, 0) is 0 Å². The molecule has 0 rings (SSSR count).